The van der Waals surface area contributed by atoms with E-state index in [1.165, 1.54) is 0 Å². The smallest absolute Gasteiger partial charge is 0.191 e. The highest BCUT2D eigenvalue weighted by Gasteiger charge is 2.23. The summed E-state index contributed by atoms with van der Waals surface area (Å²) in [6, 6.07) is 19.0. The number of hydrogen-bond acceptors (Lipinski definition) is 4. The van der Waals surface area contributed by atoms with Gasteiger partial charge >= 0.3 is 0 Å². The summed E-state index contributed by atoms with van der Waals surface area (Å²) in [5.41, 5.74) is 1.62. The summed E-state index contributed by atoms with van der Waals surface area (Å²) < 4.78 is 5.88. The Kier molecular flexibility index (Phi) is 8.17. The predicted molar refractivity (Wildman–Crippen MR) is 109 cm³/mol. The number of hydrogen-bond donors (Lipinski definition) is 2. The van der Waals surface area contributed by atoms with Crippen LogP contribution in [0.1, 0.15) is 43.1 Å². The lowest BCUT2D eigenvalue weighted by Crippen LogP contribution is -2.44. The topological polar surface area (TPSA) is 58.6 Å². The summed E-state index contributed by atoms with van der Waals surface area (Å²) in [5.74, 6) is -0.0616. The lowest BCUT2D eigenvalue weighted by atomic mass is 10.00. The molecule has 2 aromatic carbocycles. The van der Waals surface area contributed by atoms with E-state index in [1.54, 1.807) is 12.1 Å². The number of carbonyl (C=O) groups is 1. The molecule has 0 amide bonds. The second kappa shape index (κ2) is 10.4. The highest BCUT2D eigenvalue weighted by atomic mass is 16.5. The van der Waals surface area contributed by atoms with Crippen molar-refractivity contribution in [3.8, 4) is 0 Å². The van der Waals surface area contributed by atoms with Crippen molar-refractivity contribution in [3.63, 3.8) is 0 Å². The van der Waals surface area contributed by atoms with Crippen LogP contribution in [0.15, 0.2) is 60.7 Å². The summed E-state index contributed by atoms with van der Waals surface area (Å²) in [7, 11) is 0. The summed E-state index contributed by atoms with van der Waals surface area (Å²) in [4.78, 5) is 12.9. The fourth-order valence-electron chi connectivity index (χ4n) is 2.65. The lowest BCUT2D eigenvalue weighted by Gasteiger charge is -2.27. The van der Waals surface area contributed by atoms with Crippen LogP contribution in [0.4, 0.5) is 0 Å². The van der Waals surface area contributed by atoms with Crippen molar-refractivity contribution in [3.05, 3.63) is 71.8 Å². The van der Waals surface area contributed by atoms with Crippen molar-refractivity contribution >= 4 is 5.78 Å². The largest absolute Gasteiger partial charge is 0.389 e. The average Bonchev–Trinajstić information content (AvgIpc) is 2.70. The molecule has 2 atom stereocenters. The summed E-state index contributed by atoms with van der Waals surface area (Å²) in [5, 5.41) is 13.6. The third-order valence-corrected chi connectivity index (χ3v) is 4.80. The third kappa shape index (κ3) is 7.25. The Morgan fingerprint density at radius 1 is 1.07 bits per heavy atom. The molecule has 2 unspecified atom stereocenters. The van der Waals surface area contributed by atoms with Crippen LogP contribution in [0.5, 0.6) is 0 Å². The molecule has 0 aromatic heterocycles. The molecule has 0 spiro atoms. The van der Waals surface area contributed by atoms with Gasteiger partial charge in [0.2, 0.25) is 0 Å². The maximum Gasteiger partial charge on any atom is 0.191 e. The van der Waals surface area contributed by atoms with Gasteiger partial charge in [-0.05, 0) is 25.8 Å². The molecule has 2 rings (SSSR count). The fraction of sp³-hybridized carbons (Fsp3) is 0.435. The molecule has 2 aromatic rings. The van der Waals surface area contributed by atoms with Gasteiger partial charge in [0.1, 0.15) is 6.10 Å². The fourth-order valence-corrected chi connectivity index (χ4v) is 2.65. The van der Waals surface area contributed by atoms with Crippen LogP contribution < -0.4 is 5.32 Å². The molecule has 0 aliphatic rings. The zero-order valence-corrected chi connectivity index (χ0v) is 16.5. The molecule has 0 saturated carbocycles. The normalized spacial score (nSPS) is 13.9. The Bertz CT molecular complexity index is 685. The van der Waals surface area contributed by atoms with E-state index in [-0.39, 0.29) is 17.9 Å². The molecular formula is C23H31NO3. The van der Waals surface area contributed by atoms with Gasteiger partial charge in [-0.3, -0.25) is 4.79 Å². The van der Waals surface area contributed by atoms with Crippen LogP contribution in [-0.4, -0.2) is 41.8 Å². The number of benzene rings is 2. The van der Waals surface area contributed by atoms with Crippen LogP contribution in [0.3, 0.4) is 0 Å². The van der Waals surface area contributed by atoms with Gasteiger partial charge in [-0.2, -0.15) is 0 Å². The van der Waals surface area contributed by atoms with Crippen molar-refractivity contribution in [2.75, 3.05) is 13.2 Å². The van der Waals surface area contributed by atoms with Gasteiger partial charge in [0.05, 0.1) is 12.7 Å². The number of aliphatic hydroxyl groups is 1. The number of nitrogens with one attached hydrogen (secondary N) is 1. The number of aliphatic hydroxyl groups excluding tert-OH is 1. The van der Waals surface area contributed by atoms with E-state index >= 15 is 0 Å². The Morgan fingerprint density at radius 3 is 2.26 bits per heavy atom. The Hall–Kier alpha value is -2.01. The first-order valence-corrected chi connectivity index (χ1v) is 9.59. The summed E-state index contributed by atoms with van der Waals surface area (Å²) >= 11 is 0. The number of ketones is 1. The van der Waals surface area contributed by atoms with Gasteiger partial charge in [-0.25, -0.2) is 0 Å². The summed E-state index contributed by atoms with van der Waals surface area (Å²) in [6.45, 7) is 6.83. The van der Waals surface area contributed by atoms with Crippen molar-refractivity contribution in [2.45, 2.75) is 51.4 Å². The number of rotatable bonds is 11. The maximum atomic E-state index is 12.9. The molecule has 0 aliphatic carbocycles. The van der Waals surface area contributed by atoms with E-state index < -0.39 is 12.2 Å². The monoisotopic (exact) mass is 369 g/mol. The second-order valence-corrected chi connectivity index (χ2v) is 7.51. The first-order valence-electron chi connectivity index (χ1n) is 9.59. The van der Waals surface area contributed by atoms with E-state index in [9.17, 15) is 9.90 Å². The molecule has 4 nitrogen and oxygen atoms in total. The van der Waals surface area contributed by atoms with Crippen molar-refractivity contribution in [2.24, 2.45) is 0 Å². The van der Waals surface area contributed by atoms with Gasteiger partial charge < -0.3 is 15.2 Å². The van der Waals surface area contributed by atoms with E-state index in [2.05, 4.69) is 26.1 Å². The van der Waals surface area contributed by atoms with Crippen molar-refractivity contribution < 1.29 is 14.6 Å². The SMILES string of the molecule is CCC(C)(C)NCC(O)COC(Cc1ccccc1)C(=O)c1ccccc1. The highest BCUT2D eigenvalue weighted by Crippen LogP contribution is 2.13. The zero-order valence-electron chi connectivity index (χ0n) is 16.5. The Morgan fingerprint density at radius 2 is 1.67 bits per heavy atom. The number of ether oxygens (including phenoxy) is 1. The zero-order chi connectivity index (χ0) is 19.7. The van der Waals surface area contributed by atoms with Gasteiger partial charge in [0, 0.05) is 24.1 Å². The van der Waals surface area contributed by atoms with Crippen LogP contribution >= 0.6 is 0 Å². The number of carbonyl (C=O) groups excluding carboxylic acids is 1. The standard InChI is InChI=1S/C23H31NO3/c1-4-23(2,3)24-16-20(25)17-27-21(15-18-11-7-5-8-12-18)22(26)19-13-9-6-10-14-19/h5-14,20-21,24-25H,4,15-17H2,1-3H3. The van der Waals surface area contributed by atoms with Crippen LogP contribution in [-0.2, 0) is 11.2 Å². The molecule has 27 heavy (non-hydrogen) atoms. The minimum atomic E-state index is -0.669. The van der Waals surface area contributed by atoms with Crippen molar-refractivity contribution in [1.82, 2.24) is 5.32 Å². The first kappa shape index (κ1) is 21.3. The Labute approximate surface area is 162 Å². The quantitative estimate of drug-likeness (QED) is 0.594. The molecule has 2 N–H and O–H groups in total. The van der Waals surface area contributed by atoms with Crippen molar-refractivity contribution in [1.29, 1.82) is 0 Å². The first-order chi connectivity index (χ1) is 12.9. The maximum absolute atomic E-state index is 12.9. The molecule has 4 heteroatoms. The van der Waals surface area contributed by atoms with Crippen LogP contribution in [0.25, 0.3) is 0 Å². The molecule has 0 saturated heterocycles. The van der Waals surface area contributed by atoms with Gasteiger partial charge in [-0.15, -0.1) is 0 Å². The van der Waals surface area contributed by atoms with Crippen LogP contribution in [0, 0.1) is 0 Å². The van der Waals surface area contributed by atoms with E-state index in [1.807, 2.05) is 48.5 Å². The molecule has 146 valence electrons. The molecule has 0 aliphatic heterocycles. The van der Waals surface area contributed by atoms with Gasteiger partial charge in [-0.1, -0.05) is 67.6 Å². The molecule has 0 radical (unpaired) electrons. The molecule has 0 bridgehead atoms. The van der Waals surface area contributed by atoms with Gasteiger partial charge in [0.15, 0.2) is 5.78 Å². The molecule has 0 fully saturated rings. The minimum absolute atomic E-state index is 0.0374. The molecule has 0 heterocycles. The van der Waals surface area contributed by atoms with E-state index in [0.29, 0.717) is 18.5 Å². The minimum Gasteiger partial charge on any atom is -0.389 e. The number of β-amino-alcohol motifs (C(OH)–C–C–N with tert-alkyl or cyclic N) is 1. The van der Waals surface area contributed by atoms with E-state index in [0.717, 1.165) is 12.0 Å². The molecular weight excluding hydrogens is 338 g/mol. The number of Topliss-reactive ketones (excluding diaryl/α,β-unsaturated/α-hetero) is 1. The second-order valence-electron chi connectivity index (χ2n) is 7.51. The lowest BCUT2D eigenvalue weighted by molar-refractivity contribution is -0.00357. The predicted octanol–water partition coefficient (Wildman–Crippen LogP) is 3.64. The van der Waals surface area contributed by atoms with Crippen LogP contribution in [0.2, 0.25) is 0 Å². The highest BCUT2D eigenvalue weighted by molar-refractivity contribution is 5.99. The summed E-state index contributed by atoms with van der Waals surface area (Å²) in [6.07, 6.45) is 0.153. The van der Waals surface area contributed by atoms with Gasteiger partial charge in [0.25, 0.3) is 0 Å². The average molecular weight is 370 g/mol. The Balaban J connectivity index is 2.00. The third-order valence-electron chi connectivity index (χ3n) is 4.80. The van der Waals surface area contributed by atoms with E-state index in [4.69, 9.17) is 4.74 Å².